The molecule has 0 aliphatic rings. The number of aryl methyl sites for hydroxylation is 1. The van der Waals surface area contributed by atoms with E-state index < -0.39 is 0 Å². The molecule has 0 spiro atoms. The van der Waals surface area contributed by atoms with Crippen molar-refractivity contribution in [1.29, 1.82) is 0 Å². The smallest absolute Gasteiger partial charge is 0.123 e. The fourth-order valence-corrected chi connectivity index (χ4v) is 2.74. The van der Waals surface area contributed by atoms with E-state index in [4.69, 9.17) is 23.2 Å². The molecule has 0 aliphatic heterocycles. The van der Waals surface area contributed by atoms with Crippen molar-refractivity contribution < 1.29 is 4.39 Å². The van der Waals surface area contributed by atoms with Crippen molar-refractivity contribution in [2.45, 2.75) is 13.0 Å². The summed E-state index contributed by atoms with van der Waals surface area (Å²) in [6.45, 7) is 1.87. The summed E-state index contributed by atoms with van der Waals surface area (Å²) >= 11 is 12.0. The molecular formula is C15H14Cl2FN. The Morgan fingerprint density at radius 2 is 1.53 bits per heavy atom. The zero-order chi connectivity index (χ0) is 14.0. The predicted molar refractivity (Wildman–Crippen MR) is 78.5 cm³/mol. The van der Waals surface area contributed by atoms with Crippen molar-refractivity contribution in [3.05, 3.63) is 69.0 Å². The average molecular weight is 298 g/mol. The first-order valence-electron chi connectivity index (χ1n) is 5.90. The van der Waals surface area contributed by atoms with Crippen molar-refractivity contribution in [2.75, 3.05) is 7.05 Å². The molecule has 2 rings (SSSR count). The SMILES string of the molecule is CNC(c1cc(C)cc(F)c1)c1cc(Cl)cc(Cl)c1. The van der Waals surface area contributed by atoms with Gasteiger partial charge in [0.15, 0.2) is 0 Å². The van der Waals surface area contributed by atoms with Crippen LogP contribution in [-0.2, 0) is 0 Å². The van der Waals surface area contributed by atoms with Gasteiger partial charge in [-0.2, -0.15) is 0 Å². The molecule has 0 bridgehead atoms. The minimum absolute atomic E-state index is 0.148. The molecule has 0 saturated heterocycles. The van der Waals surface area contributed by atoms with Crippen molar-refractivity contribution in [1.82, 2.24) is 5.32 Å². The molecule has 0 heterocycles. The monoisotopic (exact) mass is 297 g/mol. The summed E-state index contributed by atoms with van der Waals surface area (Å²) < 4.78 is 13.5. The lowest BCUT2D eigenvalue weighted by Gasteiger charge is -2.18. The van der Waals surface area contributed by atoms with Crippen LogP contribution < -0.4 is 5.32 Å². The van der Waals surface area contributed by atoms with Crippen LogP contribution >= 0.6 is 23.2 Å². The van der Waals surface area contributed by atoms with Gasteiger partial charge in [0.2, 0.25) is 0 Å². The highest BCUT2D eigenvalue weighted by atomic mass is 35.5. The van der Waals surface area contributed by atoms with Crippen LogP contribution in [0.25, 0.3) is 0 Å². The maximum atomic E-state index is 13.5. The normalized spacial score (nSPS) is 12.5. The van der Waals surface area contributed by atoms with Gasteiger partial charge in [-0.05, 0) is 61.0 Å². The van der Waals surface area contributed by atoms with Crippen molar-refractivity contribution in [3.63, 3.8) is 0 Å². The lowest BCUT2D eigenvalue weighted by molar-refractivity contribution is 0.615. The summed E-state index contributed by atoms with van der Waals surface area (Å²) in [6, 6.07) is 10.1. The molecule has 19 heavy (non-hydrogen) atoms. The second kappa shape index (κ2) is 5.91. The molecule has 0 radical (unpaired) electrons. The number of halogens is 3. The van der Waals surface area contributed by atoms with E-state index >= 15 is 0 Å². The molecule has 2 aromatic carbocycles. The summed E-state index contributed by atoms with van der Waals surface area (Å²) in [5.74, 6) is -0.247. The van der Waals surface area contributed by atoms with E-state index in [1.807, 2.05) is 32.2 Å². The lowest BCUT2D eigenvalue weighted by atomic mass is 9.97. The third-order valence-corrected chi connectivity index (χ3v) is 3.34. The van der Waals surface area contributed by atoms with Gasteiger partial charge in [-0.1, -0.05) is 29.3 Å². The lowest BCUT2D eigenvalue weighted by Crippen LogP contribution is -2.18. The molecule has 2 aromatic rings. The van der Waals surface area contributed by atoms with E-state index in [0.717, 1.165) is 16.7 Å². The molecule has 1 N–H and O–H groups in total. The summed E-state index contributed by atoms with van der Waals surface area (Å²) in [4.78, 5) is 0. The minimum Gasteiger partial charge on any atom is -0.309 e. The van der Waals surface area contributed by atoms with Crippen LogP contribution in [0.5, 0.6) is 0 Å². The van der Waals surface area contributed by atoms with Crippen LogP contribution in [0.1, 0.15) is 22.7 Å². The van der Waals surface area contributed by atoms with Crippen molar-refractivity contribution >= 4 is 23.2 Å². The van der Waals surface area contributed by atoms with Gasteiger partial charge in [-0.25, -0.2) is 4.39 Å². The Kier molecular flexibility index (Phi) is 4.46. The molecule has 4 heteroatoms. The summed E-state index contributed by atoms with van der Waals surface area (Å²) in [5.41, 5.74) is 2.63. The van der Waals surface area contributed by atoms with Crippen molar-refractivity contribution in [3.8, 4) is 0 Å². The van der Waals surface area contributed by atoms with E-state index in [-0.39, 0.29) is 11.9 Å². The molecule has 0 aliphatic carbocycles. The number of hydrogen-bond donors (Lipinski definition) is 1. The molecule has 0 saturated carbocycles. The topological polar surface area (TPSA) is 12.0 Å². The average Bonchev–Trinajstić information content (AvgIpc) is 2.27. The summed E-state index contributed by atoms with van der Waals surface area (Å²) in [7, 11) is 1.82. The van der Waals surface area contributed by atoms with Crippen LogP contribution in [0.15, 0.2) is 36.4 Å². The summed E-state index contributed by atoms with van der Waals surface area (Å²) in [6.07, 6.45) is 0. The minimum atomic E-state index is -0.247. The molecular weight excluding hydrogens is 284 g/mol. The van der Waals surface area contributed by atoms with Gasteiger partial charge in [0.1, 0.15) is 5.82 Å². The van der Waals surface area contributed by atoms with E-state index in [1.54, 1.807) is 6.07 Å². The van der Waals surface area contributed by atoms with Crippen molar-refractivity contribution in [2.24, 2.45) is 0 Å². The highest BCUT2D eigenvalue weighted by molar-refractivity contribution is 6.34. The fraction of sp³-hybridized carbons (Fsp3) is 0.200. The Balaban J connectivity index is 2.49. The van der Waals surface area contributed by atoms with Gasteiger partial charge in [0, 0.05) is 10.0 Å². The van der Waals surface area contributed by atoms with Crippen LogP contribution in [0, 0.1) is 12.7 Å². The second-order valence-corrected chi connectivity index (χ2v) is 5.36. The Labute approximate surface area is 122 Å². The number of benzene rings is 2. The first-order chi connectivity index (χ1) is 8.99. The van der Waals surface area contributed by atoms with Crippen LogP contribution in [0.4, 0.5) is 4.39 Å². The highest BCUT2D eigenvalue weighted by Gasteiger charge is 2.14. The first kappa shape index (κ1) is 14.3. The van der Waals surface area contributed by atoms with Gasteiger partial charge in [-0.3, -0.25) is 0 Å². The van der Waals surface area contributed by atoms with Gasteiger partial charge >= 0.3 is 0 Å². The van der Waals surface area contributed by atoms with E-state index in [2.05, 4.69) is 5.32 Å². The predicted octanol–water partition coefficient (Wildman–Crippen LogP) is 4.75. The maximum absolute atomic E-state index is 13.5. The quantitative estimate of drug-likeness (QED) is 0.862. The Hall–Kier alpha value is -1.09. The number of rotatable bonds is 3. The molecule has 0 amide bonds. The number of nitrogens with one attached hydrogen (secondary N) is 1. The van der Waals surface area contributed by atoms with E-state index in [1.165, 1.54) is 12.1 Å². The molecule has 0 aromatic heterocycles. The third-order valence-electron chi connectivity index (χ3n) is 2.90. The zero-order valence-corrected chi connectivity index (χ0v) is 12.2. The molecule has 100 valence electrons. The van der Waals surface area contributed by atoms with E-state index in [9.17, 15) is 4.39 Å². The molecule has 1 atom stereocenters. The molecule has 0 fully saturated rings. The Morgan fingerprint density at radius 3 is 2.05 bits per heavy atom. The third kappa shape index (κ3) is 3.47. The van der Waals surface area contributed by atoms with Crippen LogP contribution in [0.2, 0.25) is 10.0 Å². The first-order valence-corrected chi connectivity index (χ1v) is 6.65. The van der Waals surface area contributed by atoms with Gasteiger partial charge in [0.05, 0.1) is 6.04 Å². The van der Waals surface area contributed by atoms with Crippen LogP contribution in [0.3, 0.4) is 0 Å². The van der Waals surface area contributed by atoms with Crippen LogP contribution in [-0.4, -0.2) is 7.05 Å². The second-order valence-electron chi connectivity index (χ2n) is 4.49. The molecule has 1 unspecified atom stereocenters. The standard InChI is InChI=1S/C15H14Cl2FN/c1-9-3-10(7-14(18)4-9)15(19-2)11-5-12(16)8-13(17)6-11/h3-8,15,19H,1-2H3. The highest BCUT2D eigenvalue weighted by Crippen LogP contribution is 2.28. The van der Waals surface area contributed by atoms with Gasteiger partial charge < -0.3 is 5.32 Å². The number of hydrogen-bond acceptors (Lipinski definition) is 1. The zero-order valence-electron chi connectivity index (χ0n) is 10.7. The Bertz CT molecular complexity index is 507. The molecule has 1 nitrogen and oxygen atoms in total. The van der Waals surface area contributed by atoms with E-state index in [0.29, 0.717) is 10.0 Å². The Morgan fingerprint density at radius 1 is 0.947 bits per heavy atom. The largest absolute Gasteiger partial charge is 0.309 e. The van der Waals surface area contributed by atoms with Gasteiger partial charge in [-0.15, -0.1) is 0 Å². The maximum Gasteiger partial charge on any atom is 0.123 e. The van der Waals surface area contributed by atoms with Gasteiger partial charge in [0.25, 0.3) is 0 Å². The fourth-order valence-electron chi connectivity index (χ4n) is 2.20. The summed E-state index contributed by atoms with van der Waals surface area (Å²) in [5, 5.41) is 4.29.